The smallest absolute Gasteiger partial charge is 0.409 e. The van der Waals surface area contributed by atoms with E-state index in [0.29, 0.717) is 12.4 Å². The van der Waals surface area contributed by atoms with Crippen LogP contribution in [0.2, 0.25) is 0 Å². The lowest BCUT2D eigenvalue weighted by atomic mass is 9.85. The molecule has 0 aliphatic heterocycles. The maximum absolute atomic E-state index is 11.0. The molecule has 0 aromatic heterocycles. The van der Waals surface area contributed by atoms with Crippen LogP contribution in [0.1, 0.15) is 53.5 Å². The minimum Gasteiger partial charge on any atom is -0.489 e. The van der Waals surface area contributed by atoms with Crippen molar-refractivity contribution in [2.75, 3.05) is 0 Å². The summed E-state index contributed by atoms with van der Waals surface area (Å²) in [7, 11) is 0. The molecule has 0 amide bonds. The van der Waals surface area contributed by atoms with Crippen LogP contribution in [0.25, 0.3) is 0 Å². The van der Waals surface area contributed by atoms with E-state index in [1.807, 2.05) is 42.5 Å². The SMILES string of the molecule is CCCCc1ccc(COc2ccc(C(c3ccccc3)c3ccc(OC(=O)Cl)cc3)cc2)cc1. The fourth-order valence-corrected chi connectivity index (χ4v) is 4.24. The summed E-state index contributed by atoms with van der Waals surface area (Å²) < 4.78 is 11.0. The van der Waals surface area contributed by atoms with Gasteiger partial charge in [-0.2, -0.15) is 0 Å². The quantitative estimate of drug-likeness (QED) is 0.167. The van der Waals surface area contributed by atoms with E-state index in [1.165, 1.54) is 24.0 Å². The van der Waals surface area contributed by atoms with Gasteiger partial charge in [-0.3, -0.25) is 0 Å². The number of aryl methyl sites for hydroxylation is 1. The first kappa shape index (κ1) is 24.6. The minimum atomic E-state index is -0.847. The van der Waals surface area contributed by atoms with Crippen molar-refractivity contribution >= 4 is 17.0 Å². The molecule has 1 atom stereocenters. The van der Waals surface area contributed by atoms with Crippen molar-refractivity contribution in [3.8, 4) is 11.5 Å². The van der Waals surface area contributed by atoms with Gasteiger partial charge in [0.15, 0.2) is 0 Å². The highest BCUT2D eigenvalue weighted by atomic mass is 35.5. The van der Waals surface area contributed by atoms with Crippen LogP contribution in [0, 0.1) is 0 Å². The third kappa shape index (κ3) is 6.97. The minimum absolute atomic E-state index is 0.0293. The van der Waals surface area contributed by atoms with Crippen LogP contribution in [0.5, 0.6) is 11.5 Å². The average Bonchev–Trinajstić information content (AvgIpc) is 2.89. The van der Waals surface area contributed by atoms with E-state index in [-0.39, 0.29) is 5.92 Å². The van der Waals surface area contributed by atoms with Crippen LogP contribution in [-0.2, 0) is 13.0 Å². The molecule has 35 heavy (non-hydrogen) atoms. The van der Waals surface area contributed by atoms with Gasteiger partial charge in [-0.1, -0.05) is 92.2 Å². The Bertz CT molecular complexity index is 1200. The molecule has 0 saturated carbocycles. The summed E-state index contributed by atoms with van der Waals surface area (Å²) in [5, 5.41) is 0. The van der Waals surface area contributed by atoms with Crippen LogP contribution in [-0.4, -0.2) is 5.43 Å². The van der Waals surface area contributed by atoms with Gasteiger partial charge in [0, 0.05) is 17.5 Å². The Kier molecular flexibility index (Phi) is 8.58. The molecule has 0 radical (unpaired) electrons. The first-order chi connectivity index (χ1) is 17.1. The van der Waals surface area contributed by atoms with Crippen LogP contribution < -0.4 is 9.47 Å². The summed E-state index contributed by atoms with van der Waals surface area (Å²) in [4.78, 5) is 11.0. The average molecular weight is 485 g/mol. The molecule has 0 spiro atoms. The number of hydrogen-bond acceptors (Lipinski definition) is 3. The van der Waals surface area contributed by atoms with Crippen molar-refractivity contribution in [1.29, 1.82) is 0 Å². The zero-order valence-electron chi connectivity index (χ0n) is 19.8. The zero-order valence-corrected chi connectivity index (χ0v) is 20.6. The third-order valence-corrected chi connectivity index (χ3v) is 6.08. The number of unbranched alkanes of at least 4 members (excludes halogenated alkanes) is 1. The van der Waals surface area contributed by atoms with E-state index >= 15 is 0 Å². The van der Waals surface area contributed by atoms with Crippen molar-refractivity contribution in [3.05, 3.63) is 131 Å². The Morgan fingerprint density at radius 3 is 1.83 bits per heavy atom. The first-order valence-electron chi connectivity index (χ1n) is 11.9. The zero-order chi connectivity index (χ0) is 24.5. The lowest BCUT2D eigenvalue weighted by molar-refractivity contribution is 0.225. The van der Waals surface area contributed by atoms with E-state index in [2.05, 4.69) is 55.5 Å². The topological polar surface area (TPSA) is 35.5 Å². The number of ether oxygens (including phenoxy) is 2. The van der Waals surface area contributed by atoms with Gasteiger partial charge in [-0.15, -0.1) is 0 Å². The van der Waals surface area contributed by atoms with Gasteiger partial charge in [0.2, 0.25) is 0 Å². The Hall–Kier alpha value is -3.56. The van der Waals surface area contributed by atoms with Gasteiger partial charge in [-0.05, 0) is 64.9 Å². The standard InChI is InChI=1S/C31H29ClO3/c1-2-3-7-23-10-12-24(13-11-23)22-34-28-18-14-26(15-19-28)30(25-8-5-4-6-9-25)27-16-20-29(21-17-27)35-31(32)33/h4-6,8-21,30H,2-3,7,22H2,1H3. The Labute approximate surface area is 212 Å². The van der Waals surface area contributed by atoms with E-state index in [9.17, 15) is 4.79 Å². The molecule has 0 fully saturated rings. The van der Waals surface area contributed by atoms with Crippen molar-refractivity contribution in [2.24, 2.45) is 0 Å². The second kappa shape index (κ2) is 12.2. The van der Waals surface area contributed by atoms with Gasteiger partial charge >= 0.3 is 5.43 Å². The van der Waals surface area contributed by atoms with Gasteiger partial charge in [-0.25, -0.2) is 4.79 Å². The molecule has 0 aliphatic rings. The number of halogens is 1. The molecular formula is C31H29ClO3. The van der Waals surface area contributed by atoms with E-state index in [4.69, 9.17) is 21.1 Å². The Balaban J connectivity index is 1.48. The number of hydrogen-bond donors (Lipinski definition) is 0. The highest BCUT2D eigenvalue weighted by Crippen LogP contribution is 2.34. The van der Waals surface area contributed by atoms with Crippen molar-refractivity contribution in [1.82, 2.24) is 0 Å². The molecule has 4 rings (SSSR count). The predicted molar refractivity (Wildman–Crippen MR) is 142 cm³/mol. The summed E-state index contributed by atoms with van der Waals surface area (Å²) in [6.45, 7) is 2.75. The molecule has 1 unspecified atom stereocenters. The molecule has 3 nitrogen and oxygen atoms in total. The number of benzene rings is 4. The Morgan fingerprint density at radius 1 is 0.714 bits per heavy atom. The normalized spacial score (nSPS) is 11.6. The molecule has 0 N–H and O–H groups in total. The van der Waals surface area contributed by atoms with Gasteiger partial charge in [0.1, 0.15) is 18.1 Å². The summed E-state index contributed by atoms with van der Waals surface area (Å²) in [5.41, 5.74) is 5.09. The number of carbonyl (C=O) groups excluding carboxylic acids is 1. The number of carbonyl (C=O) groups is 1. The molecule has 4 heteroatoms. The molecule has 0 bridgehead atoms. The lowest BCUT2D eigenvalue weighted by Crippen LogP contribution is -2.04. The van der Waals surface area contributed by atoms with E-state index in [1.54, 1.807) is 12.1 Å². The van der Waals surface area contributed by atoms with E-state index < -0.39 is 5.43 Å². The molecule has 0 aliphatic carbocycles. The van der Waals surface area contributed by atoms with Crippen molar-refractivity contribution < 1.29 is 14.3 Å². The Morgan fingerprint density at radius 2 is 1.26 bits per heavy atom. The number of rotatable bonds is 10. The summed E-state index contributed by atoms with van der Waals surface area (Å²) in [6.07, 6.45) is 3.56. The summed E-state index contributed by atoms with van der Waals surface area (Å²) >= 11 is 5.34. The van der Waals surface area contributed by atoms with Crippen molar-refractivity contribution in [2.45, 2.75) is 38.7 Å². The largest absolute Gasteiger partial charge is 0.489 e. The maximum atomic E-state index is 11.0. The van der Waals surface area contributed by atoms with Crippen molar-refractivity contribution in [3.63, 3.8) is 0 Å². The molecule has 0 heterocycles. The van der Waals surface area contributed by atoms with Gasteiger partial charge in [0.05, 0.1) is 0 Å². The molecule has 4 aromatic rings. The maximum Gasteiger partial charge on any atom is 0.409 e. The fraction of sp³-hybridized carbons (Fsp3) is 0.194. The predicted octanol–water partition coefficient (Wildman–Crippen LogP) is 8.53. The molecule has 0 saturated heterocycles. The first-order valence-corrected chi connectivity index (χ1v) is 12.3. The van der Waals surface area contributed by atoms with E-state index in [0.717, 1.165) is 28.9 Å². The third-order valence-electron chi connectivity index (χ3n) is 6.01. The van der Waals surface area contributed by atoms with Crippen LogP contribution in [0.4, 0.5) is 4.79 Å². The monoisotopic (exact) mass is 484 g/mol. The van der Waals surface area contributed by atoms with Gasteiger partial charge < -0.3 is 9.47 Å². The van der Waals surface area contributed by atoms with Crippen LogP contribution >= 0.6 is 11.6 Å². The van der Waals surface area contributed by atoms with Crippen LogP contribution in [0.3, 0.4) is 0 Å². The highest BCUT2D eigenvalue weighted by Gasteiger charge is 2.17. The highest BCUT2D eigenvalue weighted by molar-refractivity contribution is 6.61. The molecule has 178 valence electrons. The van der Waals surface area contributed by atoms with Crippen LogP contribution in [0.15, 0.2) is 103 Å². The van der Waals surface area contributed by atoms with Gasteiger partial charge in [0.25, 0.3) is 0 Å². The second-order valence-corrected chi connectivity index (χ2v) is 8.84. The fourth-order valence-electron chi connectivity index (χ4n) is 4.15. The second-order valence-electron chi connectivity index (χ2n) is 8.53. The summed E-state index contributed by atoms with van der Waals surface area (Å²) in [6, 6.07) is 34.7. The molecule has 4 aromatic carbocycles. The molecular weight excluding hydrogens is 456 g/mol. The summed E-state index contributed by atoms with van der Waals surface area (Å²) in [5.74, 6) is 1.28. The lowest BCUT2D eigenvalue weighted by Gasteiger charge is -2.19.